The molecule has 5 nitrogen and oxygen atoms in total. The van der Waals surface area contributed by atoms with Gasteiger partial charge in [0.2, 0.25) is 0 Å². The quantitative estimate of drug-likeness (QED) is 0.510. The molecule has 2 rings (SSSR count). The summed E-state index contributed by atoms with van der Waals surface area (Å²) < 4.78 is 4.91. The van der Waals surface area contributed by atoms with E-state index in [1.807, 2.05) is 12.1 Å². The van der Waals surface area contributed by atoms with Crippen LogP contribution in [0.15, 0.2) is 48.5 Å². The average Bonchev–Trinajstić information content (AvgIpc) is 2.67. The van der Waals surface area contributed by atoms with Gasteiger partial charge in [-0.25, -0.2) is 0 Å². The number of aryl methyl sites for hydroxylation is 1. The van der Waals surface area contributed by atoms with E-state index in [1.165, 1.54) is 5.56 Å². The van der Waals surface area contributed by atoms with E-state index in [-0.39, 0.29) is 18.6 Å². The van der Waals surface area contributed by atoms with Crippen LogP contribution >= 0.6 is 11.6 Å². The lowest BCUT2D eigenvalue weighted by Gasteiger charge is -2.07. The van der Waals surface area contributed by atoms with Crippen molar-refractivity contribution in [2.45, 2.75) is 32.6 Å². The average molecular weight is 388 g/mol. The second-order valence-electron chi connectivity index (χ2n) is 6.09. The Kier molecular flexibility index (Phi) is 8.01. The van der Waals surface area contributed by atoms with Gasteiger partial charge in [0.25, 0.3) is 5.91 Å². The predicted octanol–water partition coefficient (Wildman–Crippen LogP) is 4.44. The van der Waals surface area contributed by atoms with Crippen molar-refractivity contribution in [1.82, 2.24) is 0 Å². The van der Waals surface area contributed by atoms with E-state index >= 15 is 0 Å². The molecule has 0 aliphatic heterocycles. The lowest BCUT2D eigenvalue weighted by atomic mass is 10.0. The Morgan fingerprint density at radius 2 is 1.63 bits per heavy atom. The summed E-state index contributed by atoms with van der Waals surface area (Å²) >= 11 is 5.77. The molecule has 1 N–H and O–H groups in total. The number of anilines is 1. The van der Waals surface area contributed by atoms with Gasteiger partial charge >= 0.3 is 5.97 Å². The van der Waals surface area contributed by atoms with E-state index in [2.05, 4.69) is 12.2 Å². The number of halogens is 1. The number of benzene rings is 2. The van der Waals surface area contributed by atoms with Gasteiger partial charge in [-0.1, -0.05) is 49.2 Å². The molecule has 0 atom stereocenters. The fourth-order valence-electron chi connectivity index (χ4n) is 2.45. The number of ketones is 1. The highest BCUT2D eigenvalue weighted by atomic mass is 35.5. The van der Waals surface area contributed by atoms with Crippen LogP contribution in [0.25, 0.3) is 0 Å². The monoisotopic (exact) mass is 387 g/mol. The zero-order valence-electron chi connectivity index (χ0n) is 15.2. The van der Waals surface area contributed by atoms with Gasteiger partial charge in [0.05, 0.1) is 6.42 Å². The molecular formula is C21H22ClNO4. The van der Waals surface area contributed by atoms with E-state index in [0.717, 1.165) is 12.8 Å². The molecule has 0 aliphatic rings. The number of rotatable bonds is 9. The molecule has 0 unspecified atom stereocenters. The molecule has 2 aromatic carbocycles. The number of Topliss-reactive ketones (excluding diaryl/α,β-unsaturated/α-hetero) is 1. The third-order valence-electron chi connectivity index (χ3n) is 3.86. The Morgan fingerprint density at radius 3 is 2.26 bits per heavy atom. The van der Waals surface area contributed by atoms with Crippen LogP contribution in [0, 0.1) is 0 Å². The normalized spacial score (nSPS) is 10.3. The third-order valence-corrected chi connectivity index (χ3v) is 4.11. The van der Waals surface area contributed by atoms with E-state index in [9.17, 15) is 14.4 Å². The molecular weight excluding hydrogens is 366 g/mol. The van der Waals surface area contributed by atoms with Crippen molar-refractivity contribution in [3.05, 3.63) is 64.7 Å². The standard InChI is InChI=1S/C21H22ClNO4/c1-2-3-15-4-6-16(7-5-15)19(24)12-13-21(26)27-14-20(25)23-18-10-8-17(22)9-11-18/h4-11H,2-3,12-14H2,1H3,(H,23,25). The maximum Gasteiger partial charge on any atom is 0.306 e. The number of amides is 1. The minimum Gasteiger partial charge on any atom is -0.456 e. The summed E-state index contributed by atoms with van der Waals surface area (Å²) in [4.78, 5) is 35.6. The van der Waals surface area contributed by atoms with E-state index < -0.39 is 18.5 Å². The van der Waals surface area contributed by atoms with Crippen LogP contribution in [-0.4, -0.2) is 24.3 Å². The number of hydrogen-bond donors (Lipinski definition) is 1. The van der Waals surface area contributed by atoms with Crippen molar-refractivity contribution in [3.63, 3.8) is 0 Å². The van der Waals surface area contributed by atoms with Crippen LogP contribution in [-0.2, 0) is 20.7 Å². The van der Waals surface area contributed by atoms with Gasteiger partial charge in [-0.2, -0.15) is 0 Å². The van der Waals surface area contributed by atoms with E-state index in [4.69, 9.17) is 16.3 Å². The number of carbonyl (C=O) groups is 3. The van der Waals surface area contributed by atoms with Gasteiger partial charge in [0.15, 0.2) is 12.4 Å². The van der Waals surface area contributed by atoms with Crippen LogP contribution in [0.5, 0.6) is 0 Å². The highest BCUT2D eigenvalue weighted by molar-refractivity contribution is 6.30. The minimum atomic E-state index is -0.586. The Labute approximate surface area is 163 Å². The van der Waals surface area contributed by atoms with Crippen molar-refractivity contribution < 1.29 is 19.1 Å². The number of nitrogens with one attached hydrogen (secondary N) is 1. The molecule has 0 radical (unpaired) electrons. The molecule has 0 heterocycles. The second-order valence-corrected chi connectivity index (χ2v) is 6.52. The summed E-state index contributed by atoms with van der Waals surface area (Å²) in [5.74, 6) is -1.17. The first kappa shape index (κ1) is 20.6. The van der Waals surface area contributed by atoms with E-state index in [0.29, 0.717) is 16.3 Å². The first-order chi connectivity index (χ1) is 13.0. The number of ether oxygens (including phenoxy) is 1. The molecule has 1 amide bonds. The molecule has 0 saturated heterocycles. The Bertz CT molecular complexity index is 785. The first-order valence-electron chi connectivity index (χ1n) is 8.81. The molecule has 0 aliphatic carbocycles. The molecule has 0 spiro atoms. The summed E-state index contributed by atoms with van der Waals surface area (Å²) in [5.41, 5.74) is 2.31. The van der Waals surface area contributed by atoms with Crippen molar-refractivity contribution in [3.8, 4) is 0 Å². The number of hydrogen-bond acceptors (Lipinski definition) is 4. The molecule has 0 bridgehead atoms. The lowest BCUT2D eigenvalue weighted by molar-refractivity contribution is -0.147. The summed E-state index contributed by atoms with van der Waals surface area (Å²) in [6.07, 6.45) is 2.00. The topological polar surface area (TPSA) is 72.5 Å². The molecule has 142 valence electrons. The maximum absolute atomic E-state index is 12.1. The summed E-state index contributed by atoms with van der Waals surface area (Å²) in [6, 6.07) is 14.0. The Hall–Kier alpha value is -2.66. The molecule has 0 aromatic heterocycles. The zero-order valence-corrected chi connectivity index (χ0v) is 15.9. The third kappa shape index (κ3) is 7.23. The second kappa shape index (κ2) is 10.5. The van der Waals surface area contributed by atoms with Gasteiger partial charge < -0.3 is 10.1 Å². The summed E-state index contributed by atoms with van der Waals surface area (Å²) in [6.45, 7) is 1.70. The van der Waals surface area contributed by atoms with Gasteiger partial charge in [0, 0.05) is 22.7 Å². The molecule has 0 fully saturated rings. The largest absolute Gasteiger partial charge is 0.456 e. The summed E-state index contributed by atoms with van der Waals surface area (Å²) in [7, 11) is 0. The van der Waals surface area contributed by atoms with Gasteiger partial charge in [-0.3, -0.25) is 14.4 Å². The summed E-state index contributed by atoms with van der Waals surface area (Å²) in [5, 5.41) is 3.15. The van der Waals surface area contributed by atoms with Crippen LogP contribution in [0.1, 0.15) is 42.1 Å². The zero-order chi connectivity index (χ0) is 19.6. The van der Waals surface area contributed by atoms with E-state index in [1.54, 1.807) is 36.4 Å². The molecule has 0 saturated carbocycles. The molecule has 27 heavy (non-hydrogen) atoms. The van der Waals surface area contributed by atoms with Crippen LogP contribution < -0.4 is 5.32 Å². The molecule has 2 aromatic rings. The van der Waals surface area contributed by atoms with Gasteiger partial charge in [-0.15, -0.1) is 0 Å². The van der Waals surface area contributed by atoms with Crippen LogP contribution in [0.3, 0.4) is 0 Å². The first-order valence-corrected chi connectivity index (χ1v) is 9.19. The van der Waals surface area contributed by atoms with Gasteiger partial charge in [0.1, 0.15) is 0 Å². The highest BCUT2D eigenvalue weighted by Crippen LogP contribution is 2.13. The minimum absolute atomic E-state index is 0.0464. The van der Waals surface area contributed by atoms with Crippen molar-refractivity contribution in [2.75, 3.05) is 11.9 Å². The predicted molar refractivity (Wildman–Crippen MR) is 105 cm³/mol. The van der Waals surface area contributed by atoms with Crippen molar-refractivity contribution >= 4 is 34.9 Å². The Balaban J connectivity index is 1.71. The SMILES string of the molecule is CCCc1ccc(C(=O)CCC(=O)OCC(=O)Nc2ccc(Cl)cc2)cc1. The fraction of sp³-hybridized carbons (Fsp3) is 0.286. The smallest absolute Gasteiger partial charge is 0.306 e. The lowest BCUT2D eigenvalue weighted by Crippen LogP contribution is -2.21. The van der Waals surface area contributed by atoms with Crippen LogP contribution in [0.2, 0.25) is 5.02 Å². The Morgan fingerprint density at radius 1 is 0.963 bits per heavy atom. The number of esters is 1. The van der Waals surface area contributed by atoms with Crippen LogP contribution in [0.4, 0.5) is 5.69 Å². The number of carbonyl (C=O) groups excluding carboxylic acids is 3. The fourth-order valence-corrected chi connectivity index (χ4v) is 2.58. The van der Waals surface area contributed by atoms with Crippen molar-refractivity contribution in [1.29, 1.82) is 0 Å². The van der Waals surface area contributed by atoms with Crippen molar-refractivity contribution in [2.24, 2.45) is 0 Å². The molecule has 6 heteroatoms. The highest BCUT2D eigenvalue weighted by Gasteiger charge is 2.12. The van der Waals surface area contributed by atoms with Gasteiger partial charge in [-0.05, 0) is 36.2 Å². The maximum atomic E-state index is 12.1.